The molecule has 0 aliphatic heterocycles. The maximum Gasteiger partial charge on any atom is 0.276 e. The summed E-state index contributed by atoms with van der Waals surface area (Å²) in [6, 6.07) is 37.5. The van der Waals surface area contributed by atoms with Crippen molar-refractivity contribution in [1.29, 1.82) is 0 Å². The van der Waals surface area contributed by atoms with E-state index in [-0.39, 0.29) is 40.8 Å². The van der Waals surface area contributed by atoms with Gasteiger partial charge in [0.05, 0.1) is 0 Å². The van der Waals surface area contributed by atoms with E-state index in [9.17, 15) is 19.8 Å². The lowest BCUT2D eigenvalue weighted by Gasteiger charge is -2.41. The van der Waals surface area contributed by atoms with Crippen LogP contribution in [0.2, 0.25) is 0 Å². The topological polar surface area (TPSA) is 124 Å². The zero-order chi connectivity index (χ0) is 36.8. The summed E-state index contributed by atoms with van der Waals surface area (Å²) >= 11 is 0. The van der Waals surface area contributed by atoms with Crippen LogP contribution in [0.3, 0.4) is 0 Å². The summed E-state index contributed by atoms with van der Waals surface area (Å²) < 4.78 is 0. The fourth-order valence-electron chi connectivity index (χ4n) is 8.74. The van der Waals surface area contributed by atoms with Crippen molar-refractivity contribution >= 4 is 49.8 Å². The number of fused-ring (bicyclic) bond motifs is 4. The third-order valence-corrected chi connectivity index (χ3v) is 11.2. The number of carbonyl (C=O) groups is 2. The maximum atomic E-state index is 13.8. The number of phenolic OH excluding ortho intramolecular Hbond substituents is 2. The van der Waals surface area contributed by atoms with Crippen LogP contribution >= 0.6 is 0 Å². The molecule has 1 aromatic heterocycles. The molecule has 54 heavy (non-hydrogen) atoms. The van der Waals surface area contributed by atoms with Gasteiger partial charge >= 0.3 is 0 Å². The highest BCUT2D eigenvalue weighted by Crippen LogP contribution is 2.49. The predicted molar refractivity (Wildman–Crippen MR) is 213 cm³/mol. The zero-order valence-corrected chi connectivity index (χ0v) is 29.5. The number of anilines is 1. The number of benzene rings is 6. The van der Waals surface area contributed by atoms with Crippen LogP contribution in [0.4, 0.5) is 5.69 Å². The Kier molecular flexibility index (Phi) is 8.50. The fraction of sp³-hybridized carbons (Fsp3) is 0.174. The highest BCUT2D eigenvalue weighted by Gasteiger charge is 2.39. The van der Waals surface area contributed by atoms with Gasteiger partial charge < -0.3 is 20.8 Å². The summed E-state index contributed by atoms with van der Waals surface area (Å²) in [4.78, 5) is 27.6. The quantitative estimate of drug-likeness (QED) is 0.127. The number of hydrogen-bond acceptors (Lipinski definition) is 6. The van der Waals surface area contributed by atoms with E-state index in [0.29, 0.717) is 22.7 Å². The molecule has 7 aromatic rings. The Labute approximate surface area is 312 Å². The molecule has 3 unspecified atom stereocenters. The Balaban J connectivity index is 1.00. The number of rotatable bonds is 6. The summed E-state index contributed by atoms with van der Waals surface area (Å²) in [6.07, 6.45) is 7.25. The van der Waals surface area contributed by atoms with E-state index >= 15 is 0 Å². The Morgan fingerprint density at radius 1 is 0.593 bits per heavy atom. The third kappa shape index (κ3) is 5.90. The van der Waals surface area contributed by atoms with Gasteiger partial charge in [-0.1, -0.05) is 103 Å². The van der Waals surface area contributed by atoms with Gasteiger partial charge in [-0.3, -0.25) is 9.59 Å². The van der Waals surface area contributed by atoms with E-state index in [0.717, 1.165) is 70.0 Å². The summed E-state index contributed by atoms with van der Waals surface area (Å²) in [5.74, 6) is -0.329. The van der Waals surface area contributed by atoms with Gasteiger partial charge in [-0.05, 0) is 101 Å². The summed E-state index contributed by atoms with van der Waals surface area (Å²) in [6.45, 7) is 0. The molecule has 2 aliphatic carbocycles. The third-order valence-electron chi connectivity index (χ3n) is 11.2. The van der Waals surface area contributed by atoms with Gasteiger partial charge in [-0.2, -0.15) is 0 Å². The molecule has 0 spiro atoms. The first-order valence-electron chi connectivity index (χ1n) is 18.5. The van der Waals surface area contributed by atoms with Crippen LogP contribution in [0, 0.1) is 5.92 Å². The molecule has 266 valence electrons. The minimum Gasteiger partial charge on any atom is -0.508 e. The molecular formula is C46H38N4O4. The molecular weight excluding hydrogens is 673 g/mol. The van der Waals surface area contributed by atoms with Gasteiger partial charge in [0.2, 0.25) is 0 Å². The first-order chi connectivity index (χ1) is 26.4. The second-order valence-corrected chi connectivity index (χ2v) is 14.3. The second-order valence-electron chi connectivity index (χ2n) is 14.3. The van der Waals surface area contributed by atoms with Crippen molar-refractivity contribution in [3.8, 4) is 22.6 Å². The number of carbonyl (C=O) groups excluding carboxylic acids is 2. The molecule has 8 heteroatoms. The molecule has 2 aliphatic rings. The standard InChI is InChI=1S/C46H38N4O4/c51-39-25-19-29-11-3-7-15-33(29)43(39)41-31-13-5-1-9-27(31)17-21-35(41)47-45(53)37-23-24-38(50-49-37)46(54)48-36-22-18-28-10-2-6-14-32(28)42(36)44-34-16-8-4-12-30(34)20-26-40(44)52/h1,3-5,7-9,11-17,19-21,23-26,28,36,42,51-52H,2,6,10,18,22H2,(H,47,53)(H,48,54). The van der Waals surface area contributed by atoms with Crippen LogP contribution in [0.15, 0.2) is 133 Å². The van der Waals surface area contributed by atoms with Crippen molar-refractivity contribution in [2.45, 2.75) is 44.1 Å². The predicted octanol–water partition coefficient (Wildman–Crippen LogP) is 9.67. The lowest BCUT2D eigenvalue weighted by molar-refractivity contribution is 0.0913. The van der Waals surface area contributed by atoms with Crippen molar-refractivity contribution in [3.63, 3.8) is 0 Å². The number of nitrogens with zero attached hydrogens (tertiary/aromatic N) is 2. The van der Waals surface area contributed by atoms with Gasteiger partial charge in [0.1, 0.15) is 11.5 Å². The Morgan fingerprint density at radius 2 is 1.19 bits per heavy atom. The number of aromatic nitrogens is 2. The second kappa shape index (κ2) is 13.8. The number of allylic oxidation sites excluding steroid dienone is 1. The molecule has 0 saturated heterocycles. The van der Waals surface area contributed by atoms with E-state index in [4.69, 9.17) is 0 Å². The summed E-state index contributed by atoms with van der Waals surface area (Å²) in [7, 11) is 0. The molecule has 4 N–H and O–H groups in total. The van der Waals surface area contributed by atoms with Crippen molar-refractivity contribution in [2.24, 2.45) is 5.92 Å². The van der Waals surface area contributed by atoms with E-state index in [2.05, 4.69) is 26.9 Å². The first-order valence-corrected chi connectivity index (χ1v) is 18.5. The number of nitrogens with one attached hydrogen (secondary N) is 2. The molecule has 1 heterocycles. The lowest BCUT2D eigenvalue weighted by Crippen LogP contribution is -2.44. The lowest BCUT2D eigenvalue weighted by atomic mass is 9.66. The largest absolute Gasteiger partial charge is 0.508 e. The van der Waals surface area contributed by atoms with Crippen molar-refractivity contribution in [3.05, 3.63) is 150 Å². The van der Waals surface area contributed by atoms with Crippen LogP contribution in [-0.2, 0) is 0 Å². The van der Waals surface area contributed by atoms with Gasteiger partial charge in [0.25, 0.3) is 11.8 Å². The minimum absolute atomic E-state index is 0.0409. The summed E-state index contributed by atoms with van der Waals surface area (Å²) in [5.41, 5.74) is 4.08. The monoisotopic (exact) mass is 710 g/mol. The molecule has 8 nitrogen and oxygen atoms in total. The number of phenols is 2. The molecule has 0 bridgehead atoms. The summed E-state index contributed by atoms with van der Waals surface area (Å²) in [5, 5.41) is 42.8. The van der Waals surface area contributed by atoms with Gasteiger partial charge in [-0.15, -0.1) is 10.2 Å². The first kappa shape index (κ1) is 33.3. The normalized spacial score (nSPS) is 18.2. The Hall–Kier alpha value is -6.54. The van der Waals surface area contributed by atoms with E-state index < -0.39 is 5.91 Å². The highest BCUT2D eigenvalue weighted by molar-refractivity contribution is 6.15. The van der Waals surface area contributed by atoms with Crippen LogP contribution < -0.4 is 10.6 Å². The fourth-order valence-corrected chi connectivity index (χ4v) is 8.74. The van der Waals surface area contributed by atoms with Crippen LogP contribution in [0.5, 0.6) is 11.5 Å². The molecule has 1 saturated carbocycles. The average Bonchev–Trinajstić information content (AvgIpc) is 3.21. The minimum atomic E-state index is -0.500. The van der Waals surface area contributed by atoms with Crippen molar-refractivity contribution in [2.75, 3.05) is 5.32 Å². The number of amides is 2. The Morgan fingerprint density at radius 3 is 1.89 bits per heavy atom. The molecule has 6 aromatic carbocycles. The van der Waals surface area contributed by atoms with Crippen LogP contribution in [-0.4, -0.2) is 38.3 Å². The molecule has 1 fully saturated rings. The van der Waals surface area contributed by atoms with Gasteiger partial charge in [-0.25, -0.2) is 0 Å². The molecule has 3 atom stereocenters. The molecule has 9 rings (SSSR count). The Bertz CT molecular complexity index is 2630. The number of hydrogen-bond donors (Lipinski definition) is 4. The van der Waals surface area contributed by atoms with E-state index in [1.165, 1.54) is 17.7 Å². The van der Waals surface area contributed by atoms with Gasteiger partial charge in [0.15, 0.2) is 11.4 Å². The maximum absolute atomic E-state index is 13.8. The number of aromatic hydroxyl groups is 2. The highest BCUT2D eigenvalue weighted by atomic mass is 16.3. The van der Waals surface area contributed by atoms with Gasteiger partial charge in [0, 0.05) is 34.3 Å². The molecule has 2 amide bonds. The van der Waals surface area contributed by atoms with E-state index in [1.807, 2.05) is 97.1 Å². The van der Waals surface area contributed by atoms with Crippen LogP contribution in [0.1, 0.15) is 64.6 Å². The van der Waals surface area contributed by atoms with Crippen LogP contribution in [0.25, 0.3) is 43.4 Å². The smallest absolute Gasteiger partial charge is 0.276 e. The van der Waals surface area contributed by atoms with Crippen molar-refractivity contribution < 1.29 is 19.8 Å². The zero-order valence-electron chi connectivity index (χ0n) is 29.5. The van der Waals surface area contributed by atoms with Crippen molar-refractivity contribution in [1.82, 2.24) is 15.5 Å². The average molecular weight is 711 g/mol. The molecule has 0 radical (unpaired) electrons. The van der Waals surface area contributed by atoms with E-state index in [1.54, 1.807) is 12.1 Å². The SMILES string of the molecule is O=C(Nc1ccc2ccccc2c1-c1c(O)ccc2ccccc12)c1ccc(C(=O)NC2CCC3CCCC=C3C2c2c(O)ccc3ccccc23)nn1.